The Morgan fingerprint density at radius 1 is 1.19 bits per heavy atom. The number of aromatic hydroxyl groups is 1. The number of carbonyl (C=O) groups excluding carboxylic acids is 1. The highest BCUT2D eigenvalue weighted by Gasteiger charge is 2.09. The number of carbonyl (C=O) groups is 1. The summed E-state index contributed by atoms with van der Waals surface area (Å²) in [5.74, 6) is -0.335. The van der Waals surface area contributed by atoms with Gasteiger partial charge in [-0.3, -0.25) is 14.6 Å². The predicted octanol–water partition coefficient (Wildman–Crippen LogP) is 1.31. The van der Waals surface area contributed by atoms with Gasteiger partial charge in [0.05, 0.1) is 6.21 Å². The Bertz CT molecular complexity index is 1140. The second-order valence-electron chi connectivity index (χ2n) is 6.02. The zero-order valence-corrected chi connectivity index (χ0v) is 14.6. The number of aromatic amines is 2. The number of hydrazone groups is 1. The molecular weight excluding hydrogens is 348 g/mol. The van der Waals surface area contributed by atoms with Gasteiger partial charge in [-0.2, -0.15) is 5.10 Å². The van der Waals surface area contributed by atoms with E-state index in [2.05, 4.69) is 20.5 Å². The summed E-state index contributed by atoms with van der Waals surface area (Å²) in [7, 11) is 0. The van der Waals surface area contributed by atoms with Crippen molar-refractivity contribution in [3.63, 3.8) is 0 Å². The minimum atomic E-state index is -0.579. The van der Waals surface area contributed by atoms with Gasteiger partial charge in [0.25, 0.3) is 5.56 Å². The maximum absolute atomic E-state index is 12.0. The van der Waals surface area contributed by atoms with Crippen molar-refractivity contribution >= 4 is 22.9 Å². The van der Waals surface area contributed by atoms with E-state index in [0.29, 0.717) is 16.8 Å². The van der Waals surface area contributed by atoms with Crippen LogP contribution >= 0.6 is 0 Å². The monoisotopic (exact) mass is 366 g/mol. The minimum Gasteiger partial charge on any atom is -0.507 e. The number of fused-ring (bicyclic) bond motifs is 1. The van der Waals surface area contributed by atoms with Crippen molar-refractivity contribution < 1.29 is 9.90 Å². The highest BCUT2D eigenvalue weighted by molar-refractivity contribution is 6.02. The molecule has 0 atom stereocenters. The van der Waals surface area contributed by atoms with Crippen molar-refractivity contribution in [3.8, 4) is 5.75 Å². The summed E-state index contributed by atoms with van der Waals surface area (Å²) in [4.78, 5) is 39.5. The van der Waals surface area contributed by atoms with Gasteiger partial charge in [0, 0.05) is 23.2 Å². The lowest BCUT2D eigenvalue weighted by Crippen LogP contribution is -2.28. The molecule has 27 heavy (non-hydrogen) atoms. The molecule has 0 radical (unpaired) electrons. The maximum atomic E-state index is 12.0. The van der Waals surface area contributed by atoms with Crippen molar-refractivity contribution in [1.82, 2.24) is 15.4 Å². The van der Waals surface area contributed by atoms with Crippen LogP contribution < -0.4 is 16.7 Å². The lowest BCUT2D eigenvalue weighted by atomic mass is 10.0. The molecule has 3 rings (SSSR count). The maximum Gasteiger partial charge on any atom is 0.325 e. The van der Waals surface area contributed by atoms with E-state index in [1.807, 2.05) is 24.3 Å². The van der Waals surface area contributed by atoms with Gasteiger partial charge in [0.1, 0.15) is 5.75 Å². The number of aromatic nitrogens is 2. The topological polar surface area (TPSA) is 127 Å². The molecule has 138 valence electrons. The fraction of sp³-hybridized carbons (Fsp3) is 0.158. The van der Waals surface area contributed by atoms with Gasteiger partial charge in [-0.15, -0.1) is 0 Å². The lowest BCUT2D eigenvalue weighted by molar-refractivity contribution is -0.121. The Balaban J connectivity index is 1.67. The minimum absolute atomic E-state index is 0.0226. The average Bonchev–Trinajstić information content (AvgIpc) is 2.62. The Labute approximate surface area is 153 Å². The van der Waals surface area contributed by atoms with E-state index in [0.717, 1.165) is 10.8 Å². The van der Waals surface area contributed by atoms with Crippen LogP contribution in [0.4, 0.5) is 0 Å². The standard InChI is InChI=1S/C19H18N4O4/c1-11-13(18(26)22-19(27)21-11)7-9-17(25)23-20-10-15-14-5-3-2-4-12(14)6-8-16(15)24/h2-6,8,10,24H,7,9H2,1H3,(H,23,25)(H2,21,22,26,27)/b20-10+. The smallest absolute Gasteiger partial charge is 0.325 e. The molecule has 1 aromatic heterocycles. The fourth-order valence-electron chi connectivity index (χ4n) is 2.81. The van der Waals surface area contributed by atoms with Gasteiger partial charge in [-0.1, -0.05) is 30.3 Å². The van der Waals surface area contributed by atoms with E-state index in [1.165, 1.54) is 6.21 Å². The van der Waals surface area contributed by atoms with Crippen LogP contribution in [0.25, 0.3) is 10.8 Å². The molecule has 0 spiro atoms. The molecule has 3 aromatic rings. The molecule has 1 heterocycles. The van der Waals surface area contributed by atoms with E-state index in [4.69, 9.17) is 0 Å². The summed E-state index contributed by atoms with van der Waals surface area (Å²) in [6.07, 6.45) is 1.57. The first-order chi connectivity index (χ1) is 13.0. The van der Waals surface area contributed by atoms with Crippen molar-refractivity contribution in [3.05, 3.63) is 74.1 Å². The normalized spacial score (nSPS) is 11.1. The third-order valence-electron chi connectivity index (χ3n) is 4.19. The number of aryl methyl sites for hydroxylation is 1. The second kappa shape index (κ2) is 7.69. The summed E-state index contributed by atoms with van der Waals surface area (Å²) in [6, 6.07) is 10.9. The van der Waals surface area contributed by atoms with Crippen molar-refractivity contribution in [2.75, 3.05) is 0 Å². The largest absolute Gasteiger partial charge is 0.507 e. The Morgan fingerprint density at radius 3 is 2.74 bits per heavy atom. The lowest BCUT2D eigenvalue weighted by Gasteiger charge is -2.05. The number of hydrogen-bond acceptors (Lipinski definition) is 5. The van der Waals surface area contributed by atoms with Crippen LogP contribution in [0.5, 0.6) is 5.75 Å². The van der Waals surface area contributed by atoms with Gasteiger partial charge < -0.3 is 10.1 Å². The van der Waals surface area contributed by atoms with Crippen molar-refractivity contribution in [2.24, 2.45) is 5.10 Å². The molecule has 0 saturated heterocycles. The van der Waals surface area contributed by atoms with Gasteiger partial charge in [-0.25, -0.2) is 10.2 Å². The molecule has 2 aromatic carbocycles. The number of phenols is 1. The van der Waals surface area contributed by atoms with E-state index in [-0.39, 0.29) is 18.6 Å². The van der Waals surface area contributed by atoms with Crippen LogP contribution in [-0.4, -0.2) is 27.2 Å². The molecule has 1 amide bonds. The summed E-state index contributed by atoms with van der Waals surface area (Å²) in [5, 5.41) is 15.7. The quantitative estimate of drug-likeness (QED) is 0.401. The van der Waals surface area contributed by atoms with Crippen LogP contribution in [-0.2, 0) is 11.2 Å². The molecular formula is C19H18N4O4. The molecule has 8 nitrogen and oxygen atoms in total. The van der Waals surface area contributed by atoms with Gasteiger partial charge in [0.2, 0.25) is 5.91 Å². The summed E-state index contributed by atoms with van der Waals surface area (Å²) >= 11 is 0. The number of nitrogens with zero attached hydrogens (tertiary/aromatic N) is 1. The molecule has 0 unspecified atom stereocenters. The molecule has 0 aliphatic heterocycles. The molecule has 8 heteroatoms. The first-order valence-electron chi connectivity index (χ1n) is 8.30. The SMILES string of the molecule is Cc1[nH]c(=O)[nH]c(=O)c1CCC(=O)N/N=C/c1c(O)ccc2ccccc12. The van der Waals surface area contributed by atoms with E-state index >= 15 is 0 Å². The number of hydrogen-bond donors (Lipinski definition) is 4. The summed E-state index contributed by atoms with van der Waals surface area (Å²) < 4.78 is 0. The van der Waals surface area contributed by atoms with Crippen molar-refractivity contribution in [2.45, 2.75) is 19.8 Å². The molecule has 4 N–H and O–H groups in total. The number of phenolic OH excluding ortho intramolecular Hbond substituents is 1. The third kappa shape index (κ3) is 4.12. The first kappa shape index (κ1) is 18.1. The highest BCUT2D eigenvalue weighted by Crippen LogP contribution is 2.25. The predicted molar refractivity (Wildman–Crippen MR) is 102 cm³/mol. The van der Waals surface area contributed by atoms with Crippen molar-refractivity contribution in [1.29, 1.82) is 0 Å². The number of nitrogens with one attached hydrogen (secondary N) is 3. The Kier molecular flexibility index (Phi) is 5.16. The first-order valence-corrected chi connectivity index (χ1v) is 8.30. The molecule has 0 aliphatic rings. The van der Waals surface area contributed by atoms with Crippen LogP contribution in [0.2, 0.25) is 0 Å². The summed E-state index contributed by atoms with van der Waals surface area (Å²) in [6.45, 7) is 1.60. The van der Waals surface area contributed by atoms with E-state index in [9.17, 15) is 19.5 Å². The van der Waals surface area contributed by atoms with Gasteiger partial charge in [-0.05, 0) is 30.2 Å². The highest BCUT2D eigenvalue weighted by atomic mass is 16.3. The van der Waals surface area contributed by atoms with E-state index in [1.54, 1.807) is 19.1 Å². The number of H-pyrrole nitrogens is 2. The Hall–Kier alpha value is -3.68. The Morgan fingerprint density at radius 2 is 1.96 bits per heavy atom. The zero-order valence-electron chi connectivity index (χ0n) is 14.6. The number of amides is 1. The van der Waals surface area contributed by atoms with Crippen LogP contribution in [0.3, 0.4) is 0 Å². The average molecular weight is 366 g/mol. The van der Waals surface area contributed by atoms with E-state index < -0.39 is 17.2 Å². The van der Waals surface area contributed by atoms with Crippen LogP contribution in [0.15, 0.2) is 51.1 Å². The molecule has 0 aliphatic carbocycles. The summed E-state index contributed by atoms with van der Waals surface area (Å²) in [5.41, 5.74) is 2.57. The van der Waals surface area contributed by atoms with Crippen LogP contribution in [0, 0.1) is 6.92 Å². The van der Waals surface area contributed by atoms with Gasteiger partial charge >= 0.3 is 5.69 Å². The molecule has 0 bridgehead atoms. The molecule has 0 fully saturated rings. The zero-order chi connectivity index (χ0) is 19.4. The number of rotatable bonds is 5. The van der Waals surface area contributed by atoms with Gasteiger partial charge in [0.15, 0.2) is 0 Å². The fourth-order valence-corrected chi connectivity index (χ4v) is 2.81. The number of benzene rings is 2. The second-order valence-corrected chi connectivity index (χ2v) is 6.02. The van der Waals surface area contributed by atoms with Crippen LogP contribution in [0.1, 0.15) is 23.2 Å². The molecule has 0 saturated carbocycles. The third-order valence-corrected chi connectivity index (χ3v) is 4.19.